The van der Waals surface area contributed by atoms with Gasteiger partial charge in [-0.3, -0.25) is 0 Å². The molecule has 0 bridgehead atoms. The number of rotatable bonds is 7. The SMILES string of the molecule is CC(C)(c1ccc(O)cc1)c1ccc(O)cc1.ClCC1CO1.NCCNCCN. The summed E-state index contributed by atoms with van der Waals surface area (Å²) in [7, 11) is 0. The van der Waals surface area contributed by atoms with Gasteiger partial charge >= 0.3 is 0 Å². The van der Waals surface area contributed by atoms with E-state index in [4.69, 9.17) is 27.8 Å². The fourth-order valence-electron chi connectivity index (χ4n) is 2.41. The average molecular weight is 424 g/mol. The zero-order valence-electron chi connectivity index (χ0n) is 17.3. The van der Waals surface area contributed by atoms with E-state index in [1.807, 2.05) is 24.3 Å². The second kappa shape index (κ2) is 13.4. The van der Waals surface area contributed by atoms with Gasteiger partial charge in [-0.25, -0.2) is 0 Å². The number of ether oxygens (including phenoxy) is 1. The molecule has 1 saturated heterocycles. The number of nitrogens with two attached hydrogens (primary N) is 2. The molecule has 0 saturated carbocycles. The smallest absolute Gasteiger partial charge is 0.115 e. The van der Waals surface area contributed by atoms with Gasteiger partial charge in [0.25, 0.3) is 0 Å². The third-order valence-electron chi connectivity index (χ3n) is 4.39. The number of phenols is 2. The number of aromatic hydroxyl groups is 2. The molecule has 2 aromatic rings. The summed E-state index contributed by atoms with van der Waals surface area (Å²) < 4.78 is 4.73. The van der Waals surface area contributed by atoms with Gasteiger partial charge < -0.3 is 31.7 Å². The van der Waals surface area contributed by atoms with Crippen molar-refractivity contribution in [2.45, 2.75) is 25.4 Å². The molecule has 1 fully saturated rings. The van der Waals surface area contributed by atoms with Crippen LogP contribution in [0.2, 0.25) is 0 Å². The quantitative estimate of drug-likeness (QED) is 0.265. The van der Waals surface area contributed by atoms with Crippen LogP contribution < -0.4 is 16.8 Å². The molecule has 0 aromatic heterocycles. The predicted molar refractivity (Wildman–Crippen MR) is 120 cm³/mol. The topological polar surface area (TPSA) is 117 Å². The maximum Gasteiger partial charge on any atom is 0.115 e. The van der Waals surface area contributed by atoms with Crippen molar-refractivity contribution in [3.05, 3.63) is 59.7 Å². The lowest BCUT2D eigenvalue weighted by Gasteiger charge is -2.26. The summed E-state index contributed by atoms with van der Waals surface area (Å²) in [4.78, 5) is 0. The number of hydrogen-bond donors (Lipinski definition) is 5. The van der Waals surface area contributed by atoms with E-state index in [0.29, 0.717) is 25.1 Å². The van der Waals surface area contributed by atoms with E-state index in [1.54, 1.807) is 24.3 Å². The molecule has 3 rings (SSSR count). The summed E-state index contributed by atoms with van der Waals surface area (Å²) in [6, 6.07) is 14.4. The van der Waals surface area contributed by atoms with Gasteiger partial charge in [0.05, 0.1) is 18.6 Å². The first-order valence-electron chi connectivity index (χ1n) is 9.72. The van der Waals surface area contributed by atoms with Gasteiger partial charge in [0.15, 0.2) is 0 Å². The molecule has 6 nitrogen and oxygen atoms in total. The van der Waals surface area contributed by atoms with E-state index in [-0.39, 0.29) is 16.9 Å². The minimum atomic E-state index is -0.151. The van der Waals surface area contributed by atoms with Crippen molar-refractivity contribution in [1.29, 1.82) is 0 Å². The Kier molecular flexibility index (Phi) is 11.7. The zero-order chi connectivity index (χ0) is 21.7. The molecule has 1 unspecified atom stereocenters. The van der Waals surface area contributed by atoms with E-state index in [1.165, 1.54) is 0 Å². The largest absolute Gasteiger partial charge is 0.508 e. The van der Waals surface area contributed by atoms with Crippen LogP contribution in [-0.4, -0.2) is 55.0 Å². The molecular weight excluding hydrogens is 390 g/mol. The third-order valence-corrected chi connectivity index (χ3v) is 4.74. The summed E-state index contributed by atoms with van der Waals surface area (Å²) in [5, 5.41) is 21.6. The maximum absolute atomic E-state index is 9.30. The fraction of sp³-hybridized carbons (Fsp3) is 0.455. The summed E-state index contributed by atoms with van der Waals surface area (Å²) in [5.74, 6) is 1.21. The van der Waals surface area contributed by atoms with E-state index in [2.05, 4.69) is 19.2 Å². The summed E-state index contributed by atoms with van der Waals surface area (Å²) in [6.45, 7) is 8.25. The van der Waals surface area contributed by atoms with Gasteiger partial charge in [0.1, 0.15) is 11.5 Å². The maximum atomic E-state index is 9.30. The summed E-state index contributed by atoms with van der Waals surface area (Å²) in [5.41, 5.74) is 12.4. The minimum absolute atomic E-state index is 0.151. The molecule has 1 aliphatic rings. The highest BCUT2D eigenvalue weighted by Gasteiger charge is 2.22. The Hall–Kier alpha value is -1.83. The molecule has 0 amide bonds. The van der Waals surface area contributed by atoms with Crippen LogP contribution in [0.5, 0.6) is 11.5 Å². The first-order valence-corrected chi connectivity index (χ1v) is 10.3. The van der Waals surface area contributed by atoms with Crippen molar-refractivity contribution in [3.63, 3.8) is 0 Å². The summed E-state index contributed by atoms with van der Waals surface area (Å²) >= 11 is 5.27. The number of benzene rings is 2. The molecule has 0 aliphatic carbocycles. The normalized spacial score (nSPS) is 14.9. The monoisotopic (exact) mass is 423 g/mol. The lowest BCUT2D eigenvalue weighted by molar-refractivity contribution is 0.425. The number of hydrogen-bond acceptors (Lipinski definition) is 6. The number of phenolic OH excluding ortho intramolecular Hbond substituents is 2. The number of epoxide rings is 1. The molecule has 162 valence electrons. The van der Waals surface area contributed by atoms with Crippen LogP contribution in [-0.2, 0) is 10.2 Å². The van der Waals surface area contributed by atoms with Crippen LogP contribution in [0.4, 0.5) is 0 Å². The first-order chi connectivity index (χ1) is 13.8. The zero-order valence-corrected chi connectivity index (χ0v) is 18.0. The second-order valence-corrected chi connectivity index (χ2v) is 7.46. The van der Waals surface area contributed by atoms with Crippen LogP contribution >= 0.6 is 11.6 Å². The lowest BCUT2D eigenvalue weighted by atomic mass is 9.78. The van der Waals surface area contributed by atoms with Crippen molar-refractivity contribution in [3.8, 4) is 11.5 Å². The highest BCUT2D eigenvalue weighted by Crippen LogP contribution is 2.32. The predicted octanol–water partition coefficient (Wildman–Crippen LogP) is 2.54. The van der Waals surface area contributed by atoms with E-state index in [9.17, 15) is 10.2 Å². The van der Waals surface area contributed by atoms with Gasteiger partial charge in [-0.1, -0.05) is 38.1 Å². The van der Waals surface area contributed by atoms with Gasteiger partial charge in [-0.15, -0.1) is 11.6 Å². The third kappa shape index (κ3) is 9.96. The Bertz CT molecular complexity index is 623. The molecule has 2 aromatic carbocycles. The Balaban J connectivity index is 0.000000287. The molecular formula is C22H34ClN3O3. The van der Waals surface area contributed by atoms with Gasteiger partial charge in [-0.05, 0) is 35.4 Å². The molecule has 29 heavy (non-hydrogen) atoms. The molecule has 1 atom stereocenters. The highest BCUT2D eigenvalue weighted by molar-refractivity contribution is 6.18. The number of nitrogens with one attached hydrogen (secondary N) is 1. The average Bonchev–Trinajstić information content (AvgIpc) is 3.55. The van der Waals surface area contributed by atoms with Crippen molar-refractivity contribution in [2.24, 2.45) is 11.5 Å². The fourth-order valence-corrected chi connectivity index (χ4v) is 2.59. The minimum Gasteiger partial charge on any atom is -0.508 e. The van der Waals surface area contributed by atoms with Crippen molar-refractivity contribution in [2.75, 3.05) is 38.7 Å². The van der Waals surface area contributed by atoms with Crippen LogP contribution in [0.15, 0.2) is 48.5 Å². The first kappa shape index (κ1) is 25.2. The molecule has 7 heteroatoms. The van der Waals surface area contributed by atoms with Crippen molar-refractivity contribution < 1.29 is 14.9 Å². The molecule has 7 N–H and O–H groups in total. The molecule has 0 spiro atoms. The second-order valence-electron chi connectivity index (χ2n) is 7.16. The van der Waals surface area contributed by atoms with Crippen molar-refractivity contribution >= 4 is 11.6 Å². The van der Waals surface area contributed by atoms with Crippen LogP contribution in [0.3, 0.4) is 0 Å². The Morgan fingerprint density at radius 3 is 1.55 bits per heavy atom. The Morgan fingerprint density at radius 2 is 1.31 bits per heavy atom. The molecule has 1 aliphatic heterocycles. The Labute approximate surface area is 178 Å². The standard InChI is InChI=1S/C15H16O2.C4H13N3.C3H5ClO/c1-15(2,11-3-7-13(16)8-4-11)12-5-9-14(17)10-6-12;5-1-3-7-4-2-6;4-1-3-2-5-3/h3-10,16-17H,1-2H3;7H,1-6H2;3H,1-2H2. The van der Waals surface area contributed by atoms with Gasteiger partial charge in [-0.2, -0.15) is 0 Å². The van der Waals surface area contributed by atoms with Gasteiger partial charge in [0, 0.05) is 31.6 Å². The summed E-state index contributed by atoms with van der Waals surface area (Å²) in [6.07, 6.45) is 0.400. The van der Waals surface area contributed by atoms with Crippen LogP contribution in [0.1, 0.15) is 25.0 Å². The van der Waals surface area contributed by atoms with Gasteiger partial charge in [0.2, 0.25) is 0 Å². The number of halogens is 1. The van der Waals surface area contributed by atoms with E-state index >= 15 is 0 Å². The molecule has 1 heterocycles. The highest BCUT2D eigenvalue weighted by atomic mass is 35.5. The molecule has 0 radical (unpaired) electrons. The number of alkyl halides is 1. The Morgan fingerprint density at radius 1 is 0.931 bits per heavy atom. The van der Waals surface area contributed by atoms with Crippen LogP contribution in [0, 0.1) is 0 Å². The van der Waals surface area contributed by atoms with E-state index in [0.717, 1.165) is 30.8 Å². The van der Waals surface area contributed by atoms with Crippen molar-refractivity contribution in [1.82, 2.24) is 5.32 Å². The lowest BCUT2D eigenvalue weighted by Crippen LogP contribution is -2.27. The van der Waals surface area contributed by atoms with Crippen LogP contribution in [0.25, 0.3) is 0 Å². The van der Waals surface area contributed by atoms with E-state index < -0.39 is 0 Å².